The standard InChI is InChI=1S/C20H14BrN3/c21-14-8-9-17-16(12-14)19-18(24(17)15-6-2-1-3-7-15)11-13-5-4-10-22-20(13)23-19/h1-12,16-17H. The number of benzene rings is 1. The molecule has 0 amide bonds. The Morgan fingerprint density at radius 1 is 1.04 bits per heavy atom. The molecule has 2 unspecified atom stereocenters. The van der Waals surface area contributed by atoms with Crippen LogP contribution in [0.15, 0.2) is 77.4 Å². The smallest absolute Gasteiger partial charge is 0.159 e. The zero-order valence-electron chi connectivity index (χ0n) is 12.8. The van der Waals surface area contributed by atoms with Crippen molar-refractivity contribution in [1.29, 1.82) is 0 Å². The van der Waals surface area contributed by atoms with Crippen LogP contribution in [0.25, 0.3) is 11.0 Å². The first-order valence-electron chi connectivity index (χ1n) is 7.97. The molecule has 2 atom stereocenters. The minimum absolute atomic E-state index is 0.228. The van der Waals surface area contributed by atoms with Gasteiger partial charge in [-0.25, -0.2) is 9.97 Å². The number of hydrogen-bond acceptors (Lipinski definition) is 3. The minimum atomic E-state index is 0.228. The second kappa shape index (κ2) is 5.28. The lowest BCUT2D eigenvalue weighted by Gasteiger charge is -2.28. The van der Waals surface area contributed by atoms with E-state index in [1.165, 1.54) is 11.4 Å². The summed E-state index contributed by atoms with van der Waals surface area (Å²) >= 11 is 3.61. The Hall–Kier alpha value is -2.46. The van der Waals surface area contributed by atoms with Crippen molar-refractivity contribution in [3.63, 3.8) is 0 Å². The van der Waals surface area contributed by atoms with Crippen LogP contribution in [0.4, 0.5) is 11.4 Å². The van der Waals surface area contributed by atoms with Gasteiger partial charge in [0.2, 0.25) is 0 Å². The number of anilines is 2. The van der Waals surface area contributed by atoms with Crippen LogP contribution in [0.2, 0.25) is 0 Å². The van der Waals surface area contributed by atoms with Crippen LogP contribution < -0.4 is 4.90 Å². The Labute approximate surface area is 148 Å². The van der Waals surface area contributed by atoms with E-state index in [0.717, 1.165) is 21.2 Å². The molecule has 3 heterocycles. The number of aromatic nitrogens is 2. The number of nitrogens with zero attached hydrogens (tertiary/aromatic N) is 3. The Morgan fingerprint density at radius 2 is 1.92 bits per heavy atom. The topological polar surface area (TPSA) is 29.0 Å². The average Bonchev–Trinajstić information content (AvgIpc) is 2.93. The van der Waals surface area contributed by atoms with Crippen LogP contribution in [0.1, 0.15) is 11.6 Å². The average molecular weight is 376 g/mol. The largest absolute Gasteiger partial charge is 0.332 e. The highest BCUT2D eigenvalue weighted by Crippen LogP contribution is 2.48. The molecule has 0 saturated carbocycles. The van der Waals surface area contributed by atoms with Crippen molar-refractivity contribution < 1.29 is 0 Å². The lowest BCUT2D eigenvalue weighted by atomic mass is 9.94. The molecule has 2 aliphatic rings. The molecule has 0 saturated heterocycles. The van der Waals surface area contributed by atoms with Gasteiger partial charge in [-0.15, -0.1) is 0 Å². The third-order valence-electron chi connectivity index (χ3n) is 4.66. The molecule has 24 heavy (non-hydrogen) atoms. The van der Waals surface area contributed by atoms with Crippen LogP contribution in [0, 0.1) is 0 Å². The number of fused-ring (bicyclic) bond motifs is 4. The van der Waals surface area contributed by atoms with Gasteiger partial charge in [0, 0.05) is 27.7 Å². The fourth-order valence-corrected chi connectivity index (χ4v) is 4.07. The predicted octanol–water partition coefficient (Wildman–Crippen LogP) is 5.08. The first kappa shape index (κ1) is 13.9. The van der Waals surface area contributed by atoms with Crippen LogP contribution >= 0.6 is 15.9 Å². The van der Waals surface area contributed by atoms with Crippen LogP contribution in [-0.2, 0) is 0 Å². The Balaban J connectivity index is 1.78. The fourth-order valence-electron chi connectivity index (χ4n) is 3.63. The molecule has 5 rings (SSSR count). The molecule has 0 spiro atoms. The van der Waals surface area contributed by atoms with Gasteiger partial charge in [0.1, 0.15) is 0 Å². The summed E-state index contributed by atoms with van der Waals surface area (Å²) in [5, 5.41) is 1.07. The van der Waals surface area contributed by atoms with E-state index in [1.54, 1.807) is 6.20 Å². The van der Waals surface area contributed by atoms with Gasteiger partial charge in [-0.3, -0.25) is 0 Å². The number of allylic oxidation sites excluding steroid dienone is 2. The first-order valence-corrected chi connectivity index (χ1v) is 8.76. The normalized spacial score (nSPS) is 21.5. The maximum absolute atomic E-state index is 4.90. The number of pyridine rings is 2. The van der Waals surface area contributed by atoms with E-state index in [2.05, 4.69) is 80.4 Å². The van der Waals surface area contributed by atoms with E-state index in [4.69, 9.17) is 4.98 Å². The molecule has 0 fully saturated rings. The molecule has 4 heteroatoms. The van der Waals surface area contributed by atoms with Crippen molar-refractivity contribution in [3.8, 4) is 0 Å². The van der Waals surface area contributed by atoms with Crippen LogP contribution in [0.3, 0.4) is 0 Å². The highest BCUT2D eigenvalue weighted by Gasteiger charge is 2.39. The minimum Gasteiger partial charge on any atom is -0.332 e. The summed E-state index contributed by atoms with van der Waals surface area (Å²) in [7, 11) is 0. The summed E-state index contributed by atoms with van der Waals surface area (Å²) in [6.45, 7) is 0. The van der Waals surface area contributed by atoms with Gasteiger partial charge < -0.3 is 4.90 Å². The zero-order chi connectivity index (χ0) is 16.1. The fraction of sp³-hybridized carbons (Fsp3) is 0.100. The van der Waals surface area contributed by atoms with Gasteiger partial charge in [0.15, 0.2) is 5.65 Å². The number of hydrogen-bond donors (Lipinski definition) is 0. The molecular weight excluding hydrogens is 362 g/mol. The van der Waals surface area contributed by atoms with Crippen molar-refractivity contribution in [2.24, 2.45) is 0 Å². The zero-order valence-corrected chi connectivity index (χ0v) is 14.4. The predicted molar refractivity (Wildman–Crippen MR) is 101 cm³/mol. The Bertz CT molecular complexity index is 994. The SMILES string of the molecule is BrC1=CC2c3nc4ncccc4cc3N(c3ccccc3)C2C=C1. The van der Waals surface area contributed by atoms with Gasteiger partial charge in [0.05, 0.1) is 17.4 Å². The van der Waals surface area contributed by atoms with Crippen molar-refractivity contribution in [3.05, 3.63) is 83.1 Å². The number of halogens is 1. The summed E-state index contributed by atoms with van der Waals surface area (Å²) in [5.41, 5.74) is 4.26. The van der Waals surface area contributed by atoms with Gasteiger partial charge in [-0.2, -0.15) is 0 Å². The van der Waals surface area contributed by atoms with Crippen LogP contribution in [0.5, 0.6) is 0 Å². The molecule has 3 nitrogen and oxygen atoms in total. The van der Waals surface area contributed by atoms with Crippen molar-refractivity contribution in [2.75, 3.05) is 4.90 Å². The second-order valence-corrected chi connectivity index (χ2v) is 6.99. The van der Waals surface area contributed by atoms with Gasteiger partial charge >= 0.3 is 0 Å². The maximum atomic E-state index is 4.90. The lowest BCUT2D eigenvalue weighted by Crippen LogP contribution is -2.28. The van der Waals surface area contributed by atoms with E-state index in [-0.39, 0.29) is 12.0 Å². The van der Waals surface area contributed by atoms with Gasteiger partial charge in [-0.1, -0.05) is 52.4 Å². The van der Waals surface area contributed by atoms with E-state index in [1.807, 2.05) is 12.1 Å². The summed E-state index contributed by atoms with van der Waals surface area (Å²) in [4.78, 5) is 11.7. The molecule has 0 radical (unpaired) electrons. The molecule has 1 aliphatic carbocycles. The molecule has 1 aromatic carbocycles. The molecule has 2 aromatic heterocycles. The number of para-hydroxylation sites is 1. The molecule has 116 valence electrons. The van der Waals surface area contributed by atoms with Gasteiger partial charge in [0.25, 0.3) is 0 Å². The summed E-state index contributed by atoms with van der Waals surface area (Å²) in [5.74, 6) is 0.228. The van der Waals surface area contributed by atoms with Crippen molar-refractivity contribution >= 4 is 38.3 Å². The maximum Gasteiger partial charge on any atom is 0.159 e. The monoisotopic (exact) mass is 375 g/mol. The summed E-state index contributed by atoms with van der Waals surface area (Å²) in [6.07, 6.45) is 8.42. The molecule has 1 aliphatic heterocycles. The van der Waals surface area contributed by atoms with Crippen molar-refractivity contribution in [2.45, 2.75) is 12.0 Å². The summed E-state index contributed by atoms with van der Waals surface area (Å²) in [6, 6.07) is 17.0. The Kier molecular flexibility index (Phi) is 3.06. The second-order valence-electron chi connectivity index (χ2n) is 6.08. The molecule has 3 aromatic rings. The number of rotatable bonds is 1. The summed E-state index contributed by atoms with van der Waals surface area (Å²) < 4.78 is 1.10. The van der Waals surface area contributed by atoms with Crippen LogP contribution in [-0.4, -0.2) is 16.0 Å². The highest BCUT2D eigenvalue weighted by molar-refractivity contribution is 9.11. The van der Waals surface area contributed by atoms with Gasteiger partial charge in [-0.05, 0) is 30.3 Å². The molecule has 0 bridgehead atoms. The molecular formula is C20H14BrN3. The van der Waals surface area contributed by atoms with Crippen molar-refractivity contribution in [1.82, 2.24) is 9.97 Å². The van der Waals surface area contributed by atoms with E-state index in [9.17, 15) is 0 Å². The van der Waals surface area contributed by atoms with E-state index < -0.39 is 0 Å². The highest BCUT2D eigenvalue weighted by atomic mass is 79.9. The molecule has 0 N–H and O–H groups in total. The van der Waals surface area contributed by atoms with E-state index >= 15 is 0 Å². The third-order valence-corrected chi connectivity index (χ3v) is 5.19. The lowest BCUT2D eigenvalue weighted by molar-refractivity contribution is 0.732. The quantitative estimate of drug-likeness (QED) is 0.593. The first-order chi connectivity index (χ1) is 11.8. The Morgan fingerprint density at radius 3 is 2.79 bits per heavy atom. The van der Waals surface area contributed by atoms with E-state index in [0.29, 0.717) is 0 Å². The third kappa shape index (κ3) is 2.03.